The van der Waals surface area contributed by atoms with Crippen LogP contribution in [0.5, 0.6) is 0 Å². The van der Waals surface area contributed by atoms with Gasteiger partial charge in [0.1, 0.15) is 5.69 Å². The fourth-order valence-corrected chi connectivity index (χ4v) is 5.03. The molecule has 2 atom stereocenters. The summed E-state index contributed by atoms with van der Waals surface area (Å²) < 4.78 is 2.30. The van der Waals surface area contributed by atoms with Crippen LogP contribution in [0.1, 0.15) is 35.8 Å². The number of hydrogen-bond acceptors (Lipinski definition) is 4. The fraction of sp³-hybridized carbons (Fsp3) is 0.435. The zero-order valence-electron chi connectivity index (χ0n) is 16.9. The van der Waals surface area contributed by atoms with Gasteiger partial charge in [0.15, 0.2) is 0 Å². The molecule has 5 heterocycles. The third kappa shape index (κ3) is 3.42. The number of carbonyl (C=O) groups is 1. The topological polar surface area (TPSA) is 54.3 Å². The molecule has 2 bridgehead atoms. The van der Waals surface area contributed by atoms with Gasteiger partial charge in [0.05, 0.1) is 6.20 Å². The number of piperidine rings is 1. The molecule has 1 aromatic carbocycles. The second-order valence-electron chi connectivity index (χ2n) is 8.28. The van der Waals surface area contributed by atoms with Crippen molar-refractivity contribution in [2.45, 2.75) is 38.9 Å². The van der Waals surface area contributed by atoms with Gasteiger partial charge in [0, 0.05) is 68.3 Å². The van der Waals surface area contributed by atoms with Crippen LogP contribution in [0.4, 0.5) is 0 Å². The molecule has 3 saturated heterocycles. The number of benzene rings is 1. The van der Waals surface area contributed by atoms with Gasteiger partial charge in [-0.3, -0.25) is 14.7 Å². The third-order valence-electron chi connectivity index (χ3n) is 6.51. The molecule has 0 N–H and O–H groups in total. The molecule has 0 radical (unpaired) electrons. The smallest absolute Gasteiger partial charge is 0.274 e. The van der Waals surface area contributed by atoms with E-state index in [1.54, 1.807) is 18.6 Å². The lowest BCUT2D eigenvalue weighted by Gasteiger charge is -2.36. The van der Waals surface area contributed by atoms with Crippen LogP contribution in [-0.2, 0) is 13.1 Å². The highest BCUT2D eigenvalue weighted by Gasteiger charge is 2.37. The van der Waals surface area contributed by atoms with E-state index in [4.69, 9.17) is 0 Å². The molecule has 0 saturated carbocycles. The molecule has 150 valence electrons. The summed E-state index contributed by atoms with van der Waals surface area (Å²) in [6, 6.07) is 9.28. The van der Waals surface area contributed by atoms with Crippen molar-refractivity contribution in [1.82, 2.24) is 24.3 Å². The number of amides is 1. The minimum absolute atomic E-state index is 0.0129. The van der Waals surface area contributed by atoms with Crippen molar-refractivity contribution < 1.29 is 4.79 Å². The molecule has 6 heteroatoms. The number of carbonyl (C=O) groups excluding carboxylic acids is 1. The summed E-state index contributed by atoms with van der Waals surface area (Å²) in [7, 11) is 0. The van der Waals surface area contributed by atoms with E-state index in [1.165, 1.54) is 22.9 Å². The van der Waals surface area contributed by atoms with Crippen LogP contribution in [0.25, 0.3) is 10.9 Å². The highest BCUT2D eigenvalue weighted by molar-refractivity contribution is 5.92. The number of fused-ring (bicyclic) bond motifs is 5. The summed E-state index contributed by atoms with van der Waals surface area (Å²) in [5.74, 6) is 0.535. The summed E-state index contributed by atoms with van der Waals surface area (Å²) in [6.07, 6.45) is 9.31. The molecular formula is C23H27N5O. The van der Waals surface area contributed by atoms with Crippen molar-refractivity contribution in [3.8, 4) is 0 Å². The summed E-state index contributed by atoms with van der Waals surface area (Å²) >= 11 is 0. The Balaban J connectivity index is 1.37. The Kier molecular flexibility index (Phi) is 4.79. The van der Waals surface area contributed by atoms with E-state index >= 15 is 0 Å². The van der Waals surface area contributed by atoms with E-state index in [-0.39, 0.29) is 5.91 Å². The van der Waals surface area contributed by atoms with Gasteiger partial charge in [-0.15, -0.1) is 0 Å². The number of aromatic nitrogens is 3. The highest BCUT2D eigenvalue weighted by atomic mass is 16.2. The van der Waals surface area contributed by atoms with Gasteiger partial charge < -0.3 is 9.47 Å². The standard InChI is InChI=1S/C23H27N5O/c1-2-26-11-8-20-18(4-3-5-22(20)26)15-27-13-17-6-7-19(27)16-28(14-17)23(29)21-12-24-9-10-25-21/h3-5,8-12,17,19H,2,6-7,13-16H2,1H3/t17-,19-/m1/s1. The minimum atomic E-state index is 0.0129. The van der Waals surface area contributed by atoms with Crippen molar-refractivity contribution in [2.24, 2.45) is 5.92 Å². The van der Waals surface area contributed by atoms with Gasteiger partial charge in [-0.25, -0.2) is 4.98 Å². The lowest BCUT2D eigenvalue weighted by Crippen LogP contribution is -2.44. The van der Waals surface area contributed by atoms with Crippen LogP contribution in [0.15, 0.2) is 49.1 Å². The monoisotopic (exact) mass is 389 g/mol. The molecule has 3 aliphatic heterocycles. The van der Waals surface area contributed by atoms with Gasteiger partial charge in [-0.1, -0.05) is 12.1 Å². The third-order valence-corrected chi connectivity index (χ3v) is 6.51. The first-order valence-electron chi connectivity index (χ1n) is 10.6. The van der Waals surface area contributed by atoms with Gasteiger partial charge >= 0.3 is 0 Å². The van der Waals surface area contributed by atoms with Crippen molar-refractivity contribution in [2.75, 3.05) is 19.6 Å². The molecule has 0 unspecified atom stereocenters. The zero-order valence-corrected chi connectivity index (χ0v) is 16.9. The lowest BCUT2D eigenvalue weighted by atomic mass is 9.94. The van der Waals surface area contributed by atoms with Gasteiger partial charge in [-0.05, 0) is 43.4 Å². The average molecular weight is 390 g/mol. The van der Waals surface area contributed by atoms with E-state index in [0.717, 1.165) is 39.1 Å². The maximum absolute atomic E-state index is 12.9. The molecule has 2 aromatic heterocycles. The predicted octanol–water partition coefficient (Wildman–Crippen LogP) is 3.19. The van der Waals surface area contributed by atoms with E-state index in [0.29, 0.717) is 17.7 Å². The van der Waals surface area contributed by atoms with Crippen LogP contribution in [0.2, 0.25) is 0 Å². The number of nitrogens with zero attached hydrogens (tertiary/aromatic N) is 5. The molecule has 6 rings (SSSR count). The van der Waals surface area contributed by atoms with E-state index in [9.17, 15) is 4.79 Å². The first-order valence-corrected chi connectivity index (χ1v) is 10.6. The summed E-state index contributed by atoms with van der Waals surface area (Å²) in [6.45, 7) is 6.76. The molecule has 3 aromatic rings. The predicted molar refractivity (Wildman–Crippen MR) is 112 cm³/mol. The van der Waals surface area contributed by atoms with Crippen LogP contribution in [0, 0.1) is 5.92 Å². The first-order chi connectivity index (χ1) is 14.2. The molecule has 0 aliphatic carbocycles. The van der Waals surface area contributed by atoms with Gasteiger partial charge in [0.2, 0.25) is 0 Å². The Labute approximate surface area is 171 Å². The Morgan fingerprint density at radius 3 is 2.90 bits per heavy atom. The zero-order chi connectivity index (χ0) is 19.8. The molecule has 3 aliphatic rings. The van der Waals surface area contributed by atoms with Crippen molar-refractivity contribution in [1.29, 1.82) is 0 Å². The maximum atomic E-state index is 12.9. The second-order valence-corrected chi connectivity index (χ2v) is 8.28. The van der Waals surface area contributed by atoms with Crippen LogP contribution >= 0.6 is 0 Å². The largest absolute Gasteiger partial charge is 0.348 e. The van der Waals surface area contributed by atoms with E-state index < -0.39 is 0 Å². The summed E-state index contributed by atoms with van der Waals surface area (Å²) in [5, 5.41) is 1.35. The van der Waals surface area contributed by atoms with Crippen molar-refractivity contribution in [3.63, 3.8) is 0 Å². The SMILES string of the molecule is CCn1ccc2c(CN3C[C@H]4CC[C@@H]3CN(C(=O)c3cnccn3)C4)cccc21. The maximum Gasteiger partial charge on any atom is 0.274 e. The lowest BCUT2D eigenvalue weighted by molar-refractivity contribution is 0.0729. The number of rotatable bonds is 4. The molecule has 29 heavy (non-hydrogen) atoms. The van der Waals surface area contributed by atoms with E-state index in [1.807, 2.05) is 4.90 Å². The Bertz CT molecular complexity index is 1010. The normalized spacial score (nSPS) is 22.2. The Morgan fingerprint density at radius 2 is 2.07 bits per heavy atom. The van der Waals surface area contributed by atoms with Crippen LogP contribution in [0.3, 0.4) is 0 Å². The van der Waals surface area contributed by atoms with Gasteiger partial charge in [0.25, 0.3) is 5.91 Å². The Morgan fingerprint density at radius 1 is 1.14 bits per heavy atom. The van der Waals surface area contributed by atoms with Crippen LogP contribution < -0.4 is 0 Å². The second kappa shape index (κ2) is 7.59. The van der Waals surface area contributed by atoms with Gasteiger partial charge in [-0.2, -0.15) is 0 Å². The molecule has 1 amide bonds. The molecule has 3 fully saturated rings. The quantitative estimate of drug-likeness (QED) is 0.688. The fourth-order valence-electron chi connectivity index (χ4n) is 5.03. The minimum Gasteiger partial charge on any atom is -0.348 e. The molecular weight excluding hydrogens is 362 g/mol. The number of aryl methyl sites for hydroxylation is 1. The summed E-state index contributed by atoms with van der Waals surface area (Å²) in [4.78, 5) is 25.8. The van der Waals surface area contributed by atoms with E-state index in [2.05, 4.69) is 56.8 Å². The highest BCUT2D eigenvalue weighted by Crippen LogP contribution is 2.31. The Hall–Kier alpha value is -2.73. The molecule has 0 spiro atoms. The average Bonchev–Trinajstić information content (AvgIpc) is 2.98. The first kappa shape index (κ1) is 18.3. The van der Waals surface area contributed by atoms with Crippen molar-refractivity contribution in [3.05, 3.63) is 60.3 Å². The molecule has 6 nitrogen and oxygen atoms in total. The van der Waals surface area contributed by atoms with Crippen molar-refractivity contribution >= 4 is 16.8 Å². The summed E-state index contributed by atoms with van der Waals surface area (Å²) in [5.41, 5.74) is 3.14. The van der Waals surface area contributed by atoms with Crippen LogP contribution in [-0.4, -0.2) is 55.9 Å². The number of hydrogen-bond donors (Lipinski definition) is 0.